The fourth-order valence-corrected chi connectivity index (χ4v) is 1.18. The molecule has 108 valence electrons. The molecule has 0 unspecified atom stereocenters. The van der Waals surface area contributed by atoms with Crippen molar-refractivity contribution in [2.24, 2.45) is 0 Å². The minimum Gasteiger partial charge on any atom is -0.506 e. The number of rotatable bonds is 2. The second-order valence-electron chi connectivity index (χ2n) is 3.08. The van der Waals surface area contributed by atoms with Gasteiger partial charge in [-0.05, 0) is 0 Å². The Bertz CT molecular complexity index is 467. The van der Waals surface area contributed by atoms with Gasteiger partial charge in [0.05, 0.1) is 11.8 Å². The van der Waals surface area contributed by atoms with Gasteiger partial charge < -0.3 is 9.84 Å². The van der Waals surface area contributed by atoms with Gasteiger partial charge in [0.15, 0.2) is 0 Å². The van der Waals surface area contributed by atoms with Gasteiger partial charge in [0.2, 0.25) is 5.88 Å². The molecule has 1 aromatic heterocycles. The van der Waals surface area contributed by atoms with Crippen molar-refractivity contribution in [3.63, 3.8) is 0 Å². The van der Waals surface area contributed by atoms with Crippen LogP contribution >= 0.6 is 0 Å². The Morgan fingerprint density at radius 1 is 1.11 bits per heavy atom. The van der Waals surface area contributed by atoms with Gasteiger partial charge in [-0.1, -0.05) is 0 Å². The first-order valence-electron chi connectivity index (χ1n) is 4.26. The molecule has 0 aliphatic rings. The molecular formula is C8H3F8NO2. The fourth-order valence-electron chi connectivity index (χ4n) is 1.18. The SMILES string of the molecule is Oc1cnc(OC(F)(F)F)c(C(F)(F)F)c1C(F)F. The molecule has 0 saturated heterocycles. The summed E-state index contributed by atoms with van der Waals surface area (Å²) in [5.74, 6) is -3.69. The van der Waals surface area contributed by atoms with Crippen molar-refractivity contribution in [1.29, 1.82) is 0 Å². The molecule has 0 aliphatic heterocycles. The van der Waals surface area contributed by atoms with Crippen LogP contribution in [0.1, 0.15) is 17.6 Å². The van der Waals surface area contributed by atoms with E-state index in [1.54, 1.807) is 0 Å². The summed E-state index contributed by atoms with van der Waals surface area (Å²) in [5.41, 5.74) is -4.50. The molecule has 0 bridgehead atoms. The minimum atomic E-state index is -5.61. The van der Waals surface area contributed by atoms with Crippen molar-refractivity contribution < 1.29 is 45.0 Å². The predicted molar refractivity (Wildman–Crippen MR) is 42.5 cm³/mol. The number of pyridine rings is 1. The van der Waals surface area contributed by atoms with Gasteiger partial charge in [0.25, 0.3) is 6.43 Å². The van der Waals surface area contributed by atoms with Crippen LogP contribution in [0.4, 0.5) is 35.1 Å². The van der Waals surface area contributed by atoms with Crippen LogP contribution in [0.15, 0.2) is 6.20 Å². The van der Waals surface area contributed by atoms with Crippen LogP contribution < -0.4 is 4.74 Å². The maximum Gasteiger partial charge on any atom is 0.574 e. The monoisotopic (exact) mass is 297 g/mol. The van der Waals surface area contributed by atoms with Crippen LogP contribution in [0.2, 0.25) is 0 Å². The molecule has 1 N–H and O–H groups in total. The zero-order valence-corrected chi connectivity index (χ0v) is 8.48. The van der Waals surface area contributed by atoms with E-state index in [9.17, 15) is 35.1 Å². The number of hydrogen-bond acceptors (Lipinski definition) is 3. The second kappa shape index (κ2) is 4.70. The maximum atomic E-state index is 12.5. The third-order valence-electron chi connectivity index (χ3n) is 1.78. The van der Waals surface area contributed by atoms with Gasteiger partial charge in [-0.15, -0.1) is 13.2 Å². The molecular weight excluding hydrogens is 294 g/mol. The number of halogens is 8. The first kappa shape index (κ1) is 15.2. The Balaban J connectivity index is 3.53. The summed E-state index contributed by atoms with van der Waals surface area (Å²) in [6, 6.07) is 0. The van der Waals surface area contributed by atoms with Crippen LogP contribution in [0.5, 0.6) is 11.6 Å². The molecule has 0 saturated carbocycles. The number of hydrogen-bond donors (Lipinski definition) is 1. The Morgan fingerprint density at radius 3 is 2.00 bits per heavy atom. The molecule has 1 heterocycles. The first-order chi connectivity index (χ1) is 8.43. The number of alkyl halides is 8. The summed E-state index contributed by atoms with van der Waals surface area (Å²) in [4.78, 5) is 2.53. The van der Waals surface area contributed by atoms with Crippen molar-refractivity contribution >= 4 is 0 Å². The van der Waals surface area contributed by atoms with Crippen LogP contribution in [-0.2, 0) is 6.18 Å². The number of ether oxygens (including phenoxy) is 1. The summed E-state index contributed by atoms with van der Waals surface area (Å²) >= 11 is 0. The van der Waals surface area contributed by atoms with E-state index in [1.807, 2.05) is 0 Å². The Morgan fingerprint density at radius 2 is 1.63 bits per heavy atom. The van der Waals surface area contributed by atoms with Crippen molar-refractivity contribution in [1.82, 2.24) is 4.98 Å². The van der Waals surface area contributed by atoms with Crippen molar-refractivity contribution in [2.75, 3.05) is 0 Å². The third-order valence-corrected chi connectivity index (χ3v) is 1.78. The van der Waals surface area contributed by atoms with E-state index in [1.165, 1.54) is 0 Å². The van der Waals surface area contributed by atoms with Gasteiger partial charge in [-0.2, -0.15) is 13.2 Å². The lowest BCUT2D eigenvalue weighted by atomic mass is 10.1. The number of aromatic hydroxyl groups is 1. The van der Waals surface area contributed by atoms with E-state index in [-0.39, 0.29) is 6.20 Å². The van der Waals surface area contributed by atoms with Gasteiger partial charge in [0, 0.05) is 0 Å². The molecule has 0 aliphatic carbocycles. The highest BCUT2D eigenvalue weighted by molar-refractivity contribution is 5.45. The van der Waals surface area contributed by atoms with Gasteiger partial charge >= 0.3 is 12.5 Å². The Labute approximate surface area is 99.0 Å². The molecule has 19 heavy (non-hydrogen) atoms. The lowest BCUT2D eigenvalue weighted by Crippen LogP contribution is -2.22. The minimum absolute atomic E-state index is 0.0117. The Kier molecular flexibility index (Phi) is 3.77. The van der Waals surface area contributed by atoms with E-state index in [0.29, 0.717) is 0 Å². The average Bonchev–Trinajstić information content (AvgIpc) is 2.15. The highest BCUT2D eigenvalue weighted by Crippen LogP contribution is 2.45. The van der Waals surface area contributed by atoms with Crippen molar-refractivity contribution in [2.45, 2.75) is 19.0 Å². The van der Waals surface area contributed by atoms with E-state index in [4.69, 9.17) is 5.11 Å². The molecule has 0 atom stereocenters. The molecule has 0 amide bonds. The highest BCUT2D eigenvalue weighted by atomic mass is 19.4. The van der Waals surface area contributed by atoms with Crippen molar-refractivity contribution in [3.8, 4) is 11.6 Å². The van der Waals surface area contributed by atoms with Crippen LogP contribution in [0, 0.1) is 0 Å². The normalized spacial score (nSPS) is 12.9. The van der Waals surface area contributed by atoms with Crippen LogP contribution in [0.25, 0.3) is 0 Å². The standard InChI is InChI=1S/C8H3F8NO2/c9-5(10)3-2(18)1-17-6(19-8(14,15)16)4(3)7(11,12)13/h1,5,18H. The van der Waals surface area contributed by atoms with E-state index in [2.05, 4.69) is 9.72 Å². The average molecular weight is 297 g/mol. The first-order valence-corrected chi connectivity index (χ1v) is 4.26. The smallest absolute Gasteiger partial charge is 0.506 e. The lowest BCUT2D eigenvalue weighted by Gasteiger charge is -2.17. The zero-order valence-electron chi connectivity index (χ0n) is 8.48. The largest absolute Gasteiger partial charge is 0.574 e. The molecule has 0 radical (unpaired) electrons. The summed E-state index contributed by atoms with van der Waals surface area (Å²) < 4.78 is 101. The van der Waals surface area contributed by atoms with Gasteiger partial charge in [0.1, 0.15) is 11.3 Å². The van der Waals surface area contributed by atoms with E-state index in [0.717, 1.165) is 0 Å². The molecule has 1 rings (SSSR count). The number of aromatic nitrogens is 1. The topological polar surface area (TPSA) is 42.4 Å². The van der Waals surface area contributed by atoms with Gasteiger partial charge in [-0.3, -0.25) is 0 Å². The van der Waals surface area contributed by atoms with Crippen molar-refractivity contribution in [3.05, 3.63) is 17.3 Å². The van der Waals surface area contributed by atoms with Gasteiger partial charge in [-0.25, -0.2) is 13.8 Å². The molecule has 3 nitrogen and oxygen atoms in total. The quantitative estimate of drug-likeness (QED) is 0.847. The fraction of sp³-hybridized carbons (Fsp3) is 0.375. The van der Waals surface area contributed by atoms with Crippen LogP contribution in [-0.4, -0.2) is 16.5 Å². The lowest BCUT2D eigenvalue weighted by molar-refractivity contribution is -0.278. The maximum absolute atomic E-state index is 12.5. The van der Waals surface area contributed by atoms with E-state index >= 15 is 0 Å². The summed E-state index contributed by atoms with van der Waals surface area (Å²) in [5, 5.41) is 8.87. The van der Waals surface area contributed by atoms with Crippen LogP contribution in [0.3, 0.4) is 0 Å². The Hall–Kier alpha value is -1.81. The molecule has 11 heteroatoms. The second-order valence-corrected chi connectivity index (χ2v) is 3.08. The highest BCUT2D eigenvalue weighted by Gasteiger charge is 2.45. The molecule has 0 spiro atoms. The third kappa shape index (κ3) is 3.58. The zero-order chi connectivity index (χ0) is 15.0. The van der Waals surface area contributed by atoms with E-state index < -0.39 is 41.7 Å². The molecule has 0 fully saturated rings. The summed E-state index contributed by atoms with van der Waals surface area (Å²) in [6.07, 6.45) is -15.0. The predicted octanol–water partition coefficient (Wildman–Crippen LogP) is 3.64. The summed E-state index contributed by atoms with van der Waals surface area (Å²) in [6.45, 7) is 0. The summed E-state index contributed by atoms with van der Waals surface area (Å²) in [7, 11) is 0. The molecule has 0 aromatic carbocycles. The molecule has 1 aromatic rings. The number of nitrogens with zero attached hydrogens (tertiary/aromatic N) is 1.